The number of hydrogen-bond donors (Lipinski definition) is 2. The van der Waals surface area contributed by atoms with E-state index in [1.807, 2.05) is 0 Å². The van der Waals surface area contributed by atoms with Crippen LogP contribution in [0.3, 0.4) is 0 Å². The summed E-state index contributed by atoms with van der Waals surface area (Å²) in [7, 11) is -0.748. The number of nitrogens with one attached hydrogen (secondary N) is 2. The van der Waals surface area contributed by atoms with Gasteiger partial charge in [-0.2, -0.15) is 0 Å². The van der Waals surface area contributed by atoms with Crippen molar-refractivity contribution in [2.75, 3.05) is 17.4 Å². The van der Waals surface area contributed by atoms with Crippen LogP contribution in [0.2, 0.25) is 0 Å². The minimum absolute atomic E-state index is 0.00539. The smallest absolute Gasteiger partial charge is 0.321 e. The third-order valence-corrected chi connectivity index (χ3v) is 3.72. The minimum atomic E-state index is -0.748. The molecule has 86 valence electrons. The molecule has 1 rings (SSSR count). The number of alkyl halides is 1. The second kappa shape index (κ2) is 6.07. The maximum absolute atomic E-state index is 11.2. The Labute approximate surface area is 95.4 Å². The van der Waals surface area contributed by atoms with Gasteiger partial charge in [0.05, 0.1) is 0 Å². The molecule has 0 atom stereocenters. The fourth-order valence-electron chi connectivity index (χ4n) is 1.32. The van der Waals surface area contributed by atoms with E-state index in [0.29, 0.717) is 24.3 Å². The van der Waals surface area contributed by atoms with Gasteiger partial charge in [-0.25, -0.2) is 4.79 Å². The van der Waals surface area contributed by atoms with Crippen molar-refractivity contribution < 1.29 is 13.8 Å². The van der Waals surface area contributed by atoms with E-state index in [4.69, 9.17) is 11.6 Å². The van der Waals surface area contributed by atoms with Gasteiger partial charge in [0.1, 0.15) is 5.88 Å². The molecule has 0 spiro atoms. The van der Waals surface area contributed by atoms with Gasteiger partial charge < -0.3 is 5.32 Å². The Balaban J connectivity index is 2.26. The summed E-state index contributed by atoms with van der Waals surface area (Å²) in [5.41, 5.74) is 0. The molecule has 3 amide bonds. The zero-order chi connectivity index (χ0) is 11.3. The predicted octanol–water partition coefficient (Wildman–Crippen LogP) is -0.0379. The van der Waals surface area contributed by atoms with Crippen molar-refractivity contribution in [3.05, 3.63) is 0 Å². The summed E-state index contributed by atoms with van der Waals surface area (Å²) >= 11 is 5.23. The predicted molar refractivity (Wildman–Crippen MR) is 58.3 cm³/mol. The lowest BCUT2D eigenvalue weighted by molar-refractivity contribution is -0.117. The zero-order valence-corrected chi connectivity index (χ0v) is 9.70. The minimum Gasteiger partial charge on any atom is -0.335 e. The Morgan fingerprint density at radius 3 is 2.47 bits per heavy atom. The number of hydrogen-bond acceptors (Lipinski definition) is 3. The molecule has 0 aromatic carbocycles. The van der Waals surface area contributed by atoms with Gasteiger partial charge in [0.15, 0.2) is 0 Å². The number of amides is 3. The first-order chi connectivity index (χ1) is 7.11. The maximum Gasteiger partial charge on any atom is 0.321 e. The van der Waals surface area contributed by atoms with Crippen molar-refractivity contribution in [3.8, 4) is 0 Å². The molecular weight excluding hydrogens is 240 g/mol. The summed E-state index contributed by atoms with van der Waals surface area (Å²) < 4.78 is 11.0. The van der Waals surface area contributed by atoms with Crippen molar-refractivity contribution in [2.24, 2.45) is 0 Å². The first kappa shape index (κ1) is 12.4. The molecule has 1 aliphatic rings. The van der Waals surface area contributed by atoms with Gasteiger partial charge in [-0.1, -0.05) is 0 Å². The molecule has 0 saturated carbocycles. The van der Waals surface area contributed by atoms with Gasteiger partial charge in [0.25, 0.3) is 0 Å². The third-order valence-electron chi connectivity index (χ3n) is 2.10. The van der Waals surface area contributed by atoms with Gasteiger partial charge >= 0.3 is 6.03 Å². The number of imide groups is 1. The lowest BCUT2D eigenvalue weighted by Gasteiger charge is -2.22. The van der Waals surface area contributed by atoms with Gasteiger partial charge in [-0.3, -0.25) is 14.3 Å². The first-order valence-electron chi connectivity index (χ1n) is 4.63. The van der Waals surface area contributed by atoms with Crippen molar-refractivity contribution in [2.45, 2.75) is 18.9 Å². The largest absolute Gasteiger partial charge is 0.335 e. The van der Waals surface area contributed by atoms with Gasteiger partial charge in [0.2, 0.25) is 5.91 Å². The Morgan fingerprint density at radius 1 is 1.33 bits per heavy atom. The van der Waals surface area contributed by atoms with Crippen LogP contribution in [0, 0.1) is 0 Å². The summed E-state index contributed by atoms with van der Waals surface area (Å²) in [5.74, 6) is 0.457. The topological polar surface area (TPSA) is 75.3 Å². The summed E-state index contributed by atoms with van der Waals surface area (Å²) in [6, 6.07) is -0.524. The van der Waals surface area contributed by atoms with Crippen molar-refractivity contribution in [1.29, 1.82) is 0 Å². The lowest BCUT2D eigenvalue weighted by atomic mass is 10.2. The van der Waals surface area contributed by atoms with Crippen LogP contribution in [-0.4, -0.2) is 39.6 Å². The van der Waals surface area contributed by atoms with Crippen LogP contribution >= 0.6 is 11.6 Å². The molecule has 0 aliphatic carbocycles. The molecule has 5 nitrogen and oxygen atoms in total. The molecule has 7 heteroatoms. The van der Waals surface area contributed by atoms with Gasteiger partial charge in [-0.15, -0.1) is 11.6 Å². The summed E-state index contributed by atoms with van der Waals surface area (Å²) in [6.07, 6.45) is 1.38. The van der Waals surface area contributed by atoms with Crippen molar-refractivity contribution in [3.63, 3.8) is 0 Å². The Morgan fingerprint density at radius 2 is 1.93 bits per heavy atom. The molecule has 1 saturated heterocycles. The molecule has 0 unspecified atom stereocenters. The van der Waals surface area contributed by atoms with E-state index in [1.165, 1.54) is 0 Å². The molecule has 0 aromatic heterocycles. The molecule has 0 radical (unpaired) electrons. The quantitative estimate of drug-likeness (QED) is 0.678. The number of rotatable bonds is 2. The molecule has 1 heterocycles. The number of urea groups is 1. The Kier molecular flexibility index (Phi) is 5.04. The highest BCUT2D eigenvalue weighted by atomic mass is 35.5. The molecule has 0 aromatic rings. The van der Waals surface area contributed by atoms with Crippen LogP contribution in [0.1, 0.15) is 12.8 Å². The van der Waals surface area contributed by atoms with Crippen LogP contribution in [-0.2, 0) is 15.6 Å². The molecule has 1 aliphatic heterocycles. The van der Waals surface area contributed by atoms with E-state index in [-0.39, 0.29) is 11.9 Å². The molecular formula is C8H13ClN2O3S. The summed E-state index contributed by atoms with van der Waals surface area (Å²) in [6.45, 7) is 0. The number of carbonyl (C=O) groups excluding carboxylic acids is 2. The Hall–Kier alpha value is -0.620. The second-order valence-corrected chi connectivity index (χ2v) is 5.24. The summed E-state index contributed by atoms with van der Waals surface area (Å²) in [4.78, 5) is 21.9. The van der Waals surface area contributed by atoms with Gasteiger partial charge in [-0.05, 0) is 12.8 Å². The normalized spacial score (nSPS) is 25.7. The van der Waals surface area contributed by atoms with E-state index in [9.17, 15) is 13.8 Å². The standard InChI is InChI=1S/C8H13ClN2O3S/c9-5-7(12)11-8(13)10-6-1-3-15(14)4-2-6/h6H,1-5H2,(H2,10,11,12,13). The summed E-state index contributed by atoms with van der Waals surface area (Å²) in [5, 5.41) is 4.73. The number of carbonyl (C=O) groups is 2. The lowest BCUT2D eigenvalue weighted by Crippen LogP contribution is -2.47. The van der Waals surface area contributed by atoms with Crippen LogP contribution in [0.15, 0.2) is 0 Å². The van der Waals surface area contributed by atoms with Crippen molar-refractivity contribution >= 4 is 34.3 Å². The van der Waals surface area contributed by atoms with Crippen LogP contribution in [0.25, 0.3) is 0 Å². The molecule has 0 bridgehead atoms. The van der Waals surface area contributed by atoms with E-state index >= 15 is 0 Å². The van der Waals surface area contributed by atoms with Crippen LogP contribution in [0.5, 0.6) is 0 Å². The van der Waals surface area contributed by atoms with E-state index < -0.39 is 22.7 Å². The highest BCUT2D eigenvalue weighted by Gasteiger charge is 2.19. The first-order valence-corrected chi connectivity index (χ1v) is 6.65. The zero-order valence-electron chi connectivity index (χ0n) is 8.12. The van der Waals surface area contributed by atoms with E-state index in [0.717, 1.165) is 0 Å². The third kappa shape index (κ3) is 4.61. The Bertz CT molecular complexity index is 275. The molecule has 2 N–H and O–H groups in total. The fraction of sp³-hybridized carbons (Fsp3) is 0.750. The van der Waals surface area contributed by atoms with Crippen molar-refractivity contribution in [1.82, 2.24) is 10.6 Å². The average molecular weight is 253 g/mol. The highest BCUT2D eigenvalue weighted by Crippen LogP contribution is 2.08. The van der Waals surface area contributed by atoms with Crippen LogP contribution < -0.4 is 10.6 Å². The van der Waals surface area contributed by atoms with Crippen LogP contribution in [0.4, 0.5) is 4.79 Å². The fourth-order valence-corrected chi connectivity index (χ4v) is 2.69. The van der Waals surface area contributed by atoms with E-state index in [1.54, 1.807) is 0 Å². The van der Waals surface area contributed by atoms with E-state index in [2.05, 4.69) is 10.6 Å². The number of halogens is 1. The SMILES string of the molecule is O=C(CCl)NC(=O)NC1CCS(=O)CC1. The maximum atomic E-state index is 11.2. The monoisotopic (exact) mass is 252 g/mol. The average Bonchev–Trinajstić information content (AvgIpc) is 2.21. The highest BCUT2D eigenvalue weighted by molar-refractivity contribution is 7.85. The molecule has 1 fully saturated rings. The second-order valence-electron chi connectivity index (χ2n) is 3.28. The van der Waals surface area contributed by atoms with Gasteiger partial charge in [0, 0.05) is 28.3 Å². The molecule has 15 heavy (non-hydrogen) atoms.